The van der Waals surface area contributed by atoms with Gasteiger partial charge in [-0.15, -0.1) is 0 Å². The molecule has 0 aliphatic rings. The van der Waals surface area contributed by atoms with Gasteiger partial charge in [0.2, 0.25) is 0 Å². The first-order valence-corrected chi connectivity index (χ1v) is 3.45. The molecule has 0 saturated heterocycles. The van der Waals surface area contributed by atoms with Crippen LogP contribution in [0.2, 0.25) is 0 Å². The van der Waals surface area contributed by atoms with Crippen molar-refractivity contribution >= 4 is 5.69 Å². The van der Waals surface area contributed by atoms with Gasteiger partial charge in [-0.05, 0) is 12.5 Å². The Bertz CT molecular complexity index is 312. The first-order chi connectivity index (χ1) is 5.65. The fourth-order valence-corrected chi connectivity index (χ4v) is 0.902. The molecule has 2 N–H and O–H groups in total. The molecule has 1 heterocycles. The zero-order chi connectivity index (χ0) is 9.14. The summed E-state index contributed by atoms with van der Waals surface area (Å²) >= 11 is 0. The molecule has 1 aromatic rings. The average Bonchev–Trinajstić information content (AvgIpc) is 2.04. The van der Waals surface area contributed by atoms with E-state index in [2.05, 4.69) is 4.98 Å². The third-order valence-corrected chi connectivity index (χ3v) is 1.58. The highest BCUT2D eigenvalue weighted by molar-refractivity contribution is 5.33. The summed E-state index contributed by atoms with van der Waals surface area (Å²) < 4.78 is 0. The van der Waals surface area contributed by atoms with Crippen molar-refractivity contribution in [3.63, 3.8) is 0 Å². The minimum absolute atomic E-state index is 0.00435. The van der Waals surface area contributed by atoms with Gasteiger partial charge in [-0.1, -0.05) is 0 Å². The molecule has 0 aliphatic heterocycles. The van der Waals surface area contributed by atoms with E-state index in [9.17, 15) is 10.1 Å². The van der Waals surface area contributed by atoms with E-state index in [1.54, 1.807) is 6.92 Å². The number of rotatable bonds is 2. The summed E-state index contributed by atoms with van der Waals surface area (Å²) in [5, 5.41) is 10.3. The molecule has 5 heteroatoms. The molecular formula is C7H9N3O2. The highest BCUT2D eigenvalue weighted by atomic mass is 16.6. The van der Waals surface area contributed by atoms with Gasteiger partial charge in [-0.25, -0.2) is 0 Å². The number of aromatic nitrogens is 1. The van der Waals surface area contributed by atoms with Crippen LogP contribution < -0.4 is 5.73 Å². The maximum atomic E-state index is 10.3. The first kappa shape index (κ1) is 8.61. The lowest BCUT2D eigenvalue weighted by Gasteiger charge is -1.99. The maximum Gasteiger partial charge on any atom is 0.287 e. The lowest BCUT2D eigenvalue weighted by molar-refractivity contribution is -0.385. The van der Waals surface area contributed by atoms with Crippen molar-refractivity contribution in [1.29, 1.82) is 0 Å². The molecule has 0 aliphatic carbocycles. The number of hydrogen-bond donors (Lipinski definition) is 1. The van der Waals surface area contributed by atoms with Crippen LogP contribution in [-0.4, -0.2) is 9.91 Å². The lowest BCUT2D eigenvalue weighted by atomic mass is 10.2. The van der Waals surface area contributed by atoms with Crippen molar-refractivity contribution in [2.75, 3.05) is 0 Å². The smallest absolute Gasteiger partial charge is 0.287 e. The van der Waals surface area contributed by atoms with E-state index in [1.165, 1.54) is 12.3 Å². The van der Waals surface area contributed by atoms with Crippen LogP contribution in [0.25, 0.3) is 0 Å². The van der Waals surface area contributed by atoms with Crippen LogP contribution in [0.15, 0.2) is 12.3 Å². The SMILES string of the molecule is Cc1cc([N+](=O)[O-])cnc1CN. The molecule has 12 heavy (non-hydrogen) atoms. The Morgan fingerprint density at radius 1 is 1.75 bits per heavy atom. The van der Waals surface area contributed by atoms with Gasteiger partial charge in [0.05, 0.1) is 10.6 Å². The standard InChI is InChI=1S/C7H9N3O2/c1-5-2-6(10(11)12)4-9-7(5)3-8/h2,4H,3,8H2,1H3. The average molecular weight is 167 g/mol. The first-order valence-electron chi connectivity index (χ1n) is 3.45. The minimum atomic E-state index is -0.472. The Kier molecular flexibility index (Phi) is 2.35. The Morgan fingerprint density at radius 3 is 2.83 bits per heavy atom. The van der Waals surface area contributed by atoms with Crippen LogP contribution in [0.3, 0.4) is 0 Å². The van der Waals surface area contributed by atoms with Gasteiger partial charge in [0.15, 0.2) is 0 Å². The Labute approximate surface area is 69.4 Å². The molecule has 1 aromatic heterocycles. The molecule has 0 unspecified atom stereocenters. The van der Waals surface area contributed by atoms with Gasteiger partial charge in [-0.3, -0.25) is 15.1 Å². The molecular weight excluding hydrogens is 158 g/mol. The fraction of sp³-hybridized carbons (Fsp3) is 0.286. The summed E-state index contributed by atoms with van der Waals surface area (Å²) in [7, 11) is 0. The molecule has 0 radical (unpaired) electrons. The van der Waals surface area contributed by atoms with Crippen molar-refractivity contribution in [3.8, 4) is 0 Å². The van der Waals surface area contributed by atoms with E-state index in [0.717, 1.165) is 5.56 Å². The zero-order valence-electron chi connectivity index (χ0n) is 6.65. The second kappa shape index (κ2) is 3.27. The second-order valence-corrected chi connectivity index (χ2v) is 2.42. The molecule has 1 rings (SSSR count). The number of nitrogens with two attached hydrogens (primary N) is 1. The van der Waals surface area contributed by atoms with Gasteiger partial charge in [0.25, 0.3) is 5.69 Å². The minimum Gasteiger partial charge on any atom is -0.325 e. The van der Waals surface area contributed by atoms with Crippen molar-refractivity contribution < 1.29 is 4.92 Å². The summed E-state index contributed by atoms with van der Waals surface area (Å²) in [4.78, 5) is 13.7. The van der Waals surface area contributed by atoms with E-state index in [-0.39, 0.29) is 5.69 Å². The predicted octanol–water partition coefficient (Wildman–Crippen LogP) is 0.757. The Morgan fingerprint density at radius 2 is 2.42 bits per heavy atom. The number of pyridine rings is 1. The van der Waals surface area contributed by atoms with E-state index in [1.807, 2.05) is 0 Å². The van der Waals surface area contributed by atoms with Gasteiger partial charge < -0.3 is 5.73 Å². The lowest BCUT2D eigenvalue weighted by Crippen LogP contribution is -2.02. The monoisotopic (exact) mass is 167 g/mol. The largest absolute Gasteiger partial charge is 0.325 e. The molecule has 0 bridgehead atoms. The van der Waals surface area contributed by atoms with Gasteiger partial charge >= 0.3 is 0 Å². The van der Waals surface area contributed by atoms with Crippen LogP contribution in [-0.2, 0) is 6.54 Å². The third-order valence-electron chi connectivity index (χ3n) is 1.58. The van der Waals surface area contributed by atoms with Crippen molar-refractivity contribution in [3.05, 3.63) is 33.6 Å². The summed E-state index contributed by atoms with van der Waals surface area (Å²) in [5.41, 5.74) is 6.80. The normalized spacial score (nSPS) is 9.83. The van der Waals surface area contributed by atoms with Crippen LogP contribution in [0.1, 0.15) is 11.3 Å². The van der Waals surface area contributed by atoms with Crippen LogP contribution >= 0.6 is 0 Å². The number of nitro groups is 1. The highest BCUT2D eigenvalue weighted by Crippen LogP contribution is 2.13. The van der Waals surface area contributed by atoms with E-state index in [0.29, 0.717) is 12.2 Å². The number of hydrogen-bond acceptors (Lipinski definition) is 4. The van der Waals surface area contributed by atoms with E-state index in [4.69, 9.17) is 5.73 Å². The van der Waals surface area contributed by atoms with Crippen LogP contribution in [0.4, 0.5) is 5.69 Å². The highest BCUT2D eigenvalue weighted by Gasteiger charge is 2.07. The molecule has 0 saturated carbocycles. The van der Waals surface area contributed by atoms with Gasteiger partial charge in [0, 0.05) is 12.6 Å². The summed E-state index contributed by atoms with van der Waals surface area (Å²) in [6, 6.07) is 1.47. The van der Waals surface area contributed by atoms with Crippen molar-refractivity contribution in [2.24, 2.45) is 5.73 Å². The molecule has 0 atom stereocenters. The van der Waals surface area contributed by atoms with Gasteiger partial charge in [0.1, 0.15) is 6.20 Å². The summed E-state index contributed by atoms with van der Waals surface area (Å²) in [5.74, 6) is 0. The van der Waals surface area contributed by atoms with Crippen LogP contribution in [0, 0.1) is 17.0 Å². The third kappa shape index (κ3) is 1.57. The molecule has 64 valence electrons. The zero-order valence-corrected chi connectivity index (χ0v) is 6.65. The fourth-order valence-electron chi connectivity index (χ4n) is 0.902. The topological polar surface area (TPSA) is 82.0 Å². The maximum absolute atomic E-state index is 10.3. The van der Waals surface area contributed by atoms with Crippen LogP contribution in [0.5, 0.6) is 0 Å². The summed E-state index contributed by atoms with van der Waals surface area (Å²) in [6.45, 7) is 2.06. The number of aryl methyl sites for hydroxylation is 1. The number of nitrogens with zero attached hydrogens (tertiary/aromatic N) is 2. The molecule has 0 fully saturated rings. The Balaban J connectivity index is 3.10. The Hall–Kier alpha value is -1.49. The van der Waals surface area contributed by atoms with Gasteiger partial charge in [-0.2, -0.15) is 0 Å². The summed E-state index contributed by atoms with van der Waals surface area (Å²) in [6.07, 6.45) is 1.22. The van der Waals surface area contributed by atoms with E-state index < -0.39 is 4.92 Å². The molecule has 0 amide bonds. The second-order valence-electron chi connectivity index (χ2n) is 2.42. The molecule has 0 aromatic carbocycles. The predicted molar refractivity (Wildman–Crippen MR) is 43.5 cm³/mol. The van der Waals surface area contributed by atoms with Crippen molar-refractivity contribution in [2.45, 2.75) is 13.5 Å². The quantitative estimate of drug-likeness (QED) is 0.520. The molecule has 0 spiro atoms. The molecule has 5 nitrogen and oxygen atoms in total. The van der Waals surface area contributed by atoms with E-state index >= 15 is 0 Å². The van der Waals surface area contributed by atoms with Crippen molar-refractivity contribution in [1.82, 2.24) is 4.98 Å².